The van der Waals surface area contributed by atoms with Crippen molar-refractivity contribution in [3.05, 3.63) is 42.4 Å². The second kappa shape index (κ2) is 8.01. The molecule has 0 unspecified atom stereocenters. The van der Waals surface area contributed by atoms with Gasteiger partial charge in [0, 0.05) is 45.4 Å². The Kier molecular flexibility index (Phi) is 5.71. The molecule has 0 radical (unpaired) electrons. The number of ether oxygens (including phenoxy) is 1. The molecule has 2 N–H and O–H groups in total. The third-order valence-electron chi connectivity index (χ3n) is 2.81. The Hall–Kier alpha value is -2.41. The van der Waals surface area contributed by atoms with Crippen LogP contribution < -0.4 is 10.6 Å². The highest BCUT2D eigenvalue weighted by Crippen LogP contribution is 2.04. The fourth-order valence-electron chi connectivity index (χ4n) is 1.72. The maximum absolute atomic E-state index is 11.5. The molecule has 2 aromatic rings. The molecule has 2 heterocycles. The molecule has 2 rings (SSSR count). The highest BCUT2D eigenvalue weighted by atomic mass is 16.5. The first-order chi connectivity index (χ1) is 10.3. The molecule has 0 spiro atoms. The maximum atomic E-state index is 11.5. The second-order valence-corrected chi connectivity index (χ2v) is 4.43. The van der Waals surface area contributed by atoms with Gasteiger partial charge in [-0.2, -0.15) is 5.10 Å². The summed E-state index contributed by atoms with van der Waals surface area (Å²) in [5, 5.41) is 9.64. The predicted molar refractivity (Wildman–Crippen MR) is 78.1 cm³/mol. The third kappa shape index (κ3) is 4.88. The summed E-state index contributed by atoms with van der Waals surface area (Å²) in [6.45, 7) is 1.66. The number of hydrogen-bond acceptors (Lipinski definition) is 4. The van der Waals surface area contributed by atoms with Crippen molar-refractivity contribution in [2.45, 2.75) is 13.0 Å². The highest BCUT2D eigenvalue weighted by molar-refractivity contribution is 5.73. The van der Waals surface area contributed by atoms with Crippen molar-refractivity contribution in [2.75, 3.05) is 20.3 Å². The van der Waals surface area contributed by atoms with Crippen molar-refractivity contribution >= 4 is 6.03 Å². The standard InChI is InChI=1S/C14H19N5O2/c1-21-9-3-6-15-14(20)17-11-12-4-5-13(16-10-12)19-8-2-7-18-19/h2,4-5,7-8,10H,3,6,9,11H2,1H3,(H2,15,17,20). The minimum absolute atomic E-state index is 0.192. The Morgan fingerprint density at radius 3 is 2.95 bits per heavy atom. The van der Waals surface area contributed by atoms with E-state index in [1.807, 2.05) is 24.4 Å². The van der Waals surface area contributed by atoms with Gasteiger partial charge in [0.1, 0.15) is 0 Å². The SMILES string of the molecule is COCCCNC(=O)NCc1ccc(-n2cccn2)nc1. The Morgan fingerprint density at radius 2 is 2.29 bits per heavy atom. The average Bonchev–Trinajstić information content (AvgIpc) is 3.04. The molecule has 7 heteroatoms. The topological polar surface area (TPSA) is 81.1 Å². The van der Waals surface area contributed by atoms with E-state index in [0.717, 1.165) is 17.8 Å². The van der Waals surface area contributed by atoms with E-state index >= 15 is 0 Å². The number of amides is 2. The predicted octanol–water partition coefficient (Wildman–Crippen LogP) is 1.10. The van der Waals surface area contributed by atoms with Gasteiger partial charge in [-0.15, -0.1) is 0 Å². The molecule has 0 aliphatic rings. The van der Waals surface area contributed by atoms with E-state index in [-0.39, 0.29) is 6.03 Å². The highest BCUT2D eigenvalue weighted by Gasteiger charge is 2.01. The number of aromatic nitrogens is 3. The van der Waals surface area contributed by atoms with Crippen molar-refractivity contribution in [1.29, 1.82) is 0 Å². The van der Waals surface area contributed by atoms with Crippen molar-refractivity contribution in [2.24, 2.45) is 0 Å². The van der Waals surface area contributed by atoms with Crippen LogP contribution in [-0.2, 0) is 11.3 Å². The van der Waals surface area contributed by atoms with E-state index in [1.54, 1.807) is 24.2 Å². The number of rotatable bonds is 7. The Balaban J connectivity index is 1.75. The molecule has 0 fully saturated rings. The van der Waals surface area contributed by atoms with Crippen LogP contribution in [0.3, 0.4) is 0 Å². The van der Waals surface area contributed by atoms with Crippen LogP contribution in [0.5, 0.6) is 0 Å². The van der Waals surface area contributed by atoms with Crippen LogP contribution in [0.1, 0.15) is 12.0 Å². The lowest BCUT2D eigenvalue weighted by molar-refractivity contribution is 0.193. The third-order valence-corrected chi connectivity index (χ3v) is 2.81. The molecule has 2 amide bonds. The smallest absolute Gasteiger partial charge is 0.315 e. The summed E-state index contributed by atoms with van der Waals surface area (Å²) < 4.78 is 6.59. The summed E-state index contributed by atoms with van der Waals surface area (Å²) in [4.78, 5) is 15.8. The van der Waals surface area contributed by atoms with Crippen molar-refractivity contribution in [3.8, 4) is 5.82 Å². The van der Waals surface area contributed by atoms with Crippen molar-refractivity contribution in [1.82, 2.24) is 25.4 Å². The number of methoxy groups -OCH3 is 1. The molecule has 0 saturated carbocycles. The normalized spacial score (nSPS) is 10.3. The summed E-state index contributed by atoms with van der Waals surface area (Å²) in [5.74, 6) is 0.743. The number of nitrogens with one attached hydrogen (secondary N) is 2. The number of carbonyl (C=O) groups is 1. The van der Waals surface area contributed by atoms with E-state index in [4.69, 9.17) is 4.74 Å². The molecule has 112 valence electrons. The fraction of sp³-hybridized carbons (Fsp3) is 0.357. The van der Waals surface area contributed by atoms with Crippen LogP contribution in [0.25, 0.3) is 5.82 Å². The van der Waals surface area contributed by atoms with Gasteiger partial charge in [-0.25, -0.2) is 14.5 Å². The van der Waals surface area contributed by atoms with Gasteiger partial charge in [0.25, 0.3) is 0 Å². The average molecular weight is 289 g/mol. The monoisotopic (exact) mass is 289 g/mol. The number of pyridine rings is 1. The molecule has 0 saturated heterocycles. The lowest BCUT2D eigenvalue weighted by Gasteiger charge is -2.08. The van der Waals surface area contributed by atoms with Gasteiger partial charge in [0.15, 0.2) is 5.82 Å². The lowest BCUT2D eigenvalue weighted by Crippen LogP contribution is -2.35. The van der Waals surface area contributed by atoms with Gasteiger partial charge in [-0.3, -0.25) is 0 Å². The van der Waals surface area contributed by atoms with E-state index in [1.165, 1.54) is 0 Å². The van der Waals surface area contributed by atoms with Crippen LogP contribution >= 0.6 is 0 Å². The number of urea groups is 1. The second-order valence-electron chi connectivity index (χ2n) is 4.43. The molecule has 2 aromatic heterocycles. The van der Waals surface area contributed by atoms with Crippen LogP contribution in [0.2, 0.25) is 0 Å². The molecule has 0 bridgehead atoms. The van der Waals surface area contributed by atoms with E-state index in [9.17, 15) is 4.79 Å². The van der Waals surface area contributed by atoms with Gasteiger partial charge in [0.2, 0.25) is 0 Å². The van der Waals surface area contributed by atoms with Crippen LogP contribution in [0.15, 0.2) is 36.8 Å². The molecular formula is C14H19N5O2. The first-order valence-corrected chi connectivity index (χ1v) is 6.75. The summed E-state index contributed by atoms with van der Waals surface area (Å²) in [6.07, 6.45) is 6.05. The Bertz CT molecular complexity index is 539. The Labute approximate surface area is 123 Å². The minimum atomic E-state index is -0.192. The molecule has 0 aliphatic heterocycles. The Morgan fingerprint density at radius 1 is 1.38 bits per heavy atom. The number of nitrogens with zero attached hydrogens (tertiary/aromatic N) is 3. The van der Waals surface area contributed by atoms with Crippen molar-refractivity contribution < 1.29 is 9.53 Å². The quantitative estimate of drug-likeness (QED) is 0.748. The maximum Gasteiger partial charge on any atom is 0.315 e. The zero-order chi connectivity index (χ0) is 14.9. The molecular weight excluding hydrogens is 270 g/mol. The molecule has 0 aliphatic carbocycles. The summed E-state index contributed by atoms with van der Waals surface area (Å²) in [5.41, 5.74) is 0.929. The van der Waals surface area contributed by atoms with Gasteiger partial charge in [-0.05, 0) is 24.1 Å². The van der Waals surface area contributed by atoms with Gasteiger partial charge in [-0.1, -0.05) is 6.07 Å². The van der Waals surface area contributed by atoms with Gasteiger partial charge in [0.05, 0.1) is 0 Å². The fourth-order valence-corrected chi connectivity index (χ4v) is 1.72. The van der Waals surface area contributed by atoms with Crippen LogP contribution in [0, 0.1) is 0 Å². The van der Waals surface area contributed by atoms with E-state index in [2.05, 4.69) is 20.7 Å². The van der Waals surface area contributed by atoms with Crippen LogP contribution in [0.4, 0.5) is 4.79 Å². The van der Waals surface area contributed by atoms with E-state index < -0.39 is 0 Å². The van der Waals surface area contributed by atoms with Crippen molar-refractivity contribution in [3.63, 3.8) is 0 Å². The zero-order valence-corrected chi connectivity index (χ0v) is 12.0. The lowest BCUT2D eigenvalue weighted by atomic mass is 10.3. The summed E-state index contributed by atoms with van der Waals surface area (Å²) in [6, 6.07) is 5.42. The molecule has 0 aromatic carbocycles. The zero-order valence-electron chi connectivity index (χ0n) is 12.0. The summed E-state index contributed by atoms with van der Waals surface area (Å²) in [7, 11) is 1.64. The summed E-state index contributed by atoms with van der Waals surface area (Å²) >= 11 is 0. The molecule has 7 nitrogen and oxygen atoms in total. The number of hydrogen-bond donors (Lipinski definition) is 2. The molecule has 0 atom stereocenters. The molecule has 21 heavy (non-hydrogen) atoms. The first-order valence-electron chi connectivity index (χ1n) is 6.75. The number of carbonyl (C=O) groups excluding carboxylic acids is 1. The van der Waals surface area contributed by atoms with Gasteiger partial charge < -0.3 is 15.4 Å². The largest absolute Gasteiger partial charge is 0.385 e. The van der Waals surface area contributed by atoms with E-state index in [0.29, 0.717) is 19.7 Å². The van der Waals surface area contributed by atoms with Crippen LogP contribution in [-0.4, -0.2) is 41.1 Å². The minimum Gasteiger partial charge on any atom is -0.385 e. The first kappa shape index (κ1) is 15.0. The van der Waals surface area contributed by atoms with Gasteiger partial charge >= 0.3 is 6.03 Å².